The molecule has 3 heterocycles. The zero-order valence-electron chi connectivity index (χ0n) is 18.5. The molecule has 0 aliphatic carbocycles. The van der Waals surface area contributed by atoms with Crippen molar-refractivity contribution in [3.63, 3.8) is 0 Å². The van der Waals surface area contributed by atoms with Gasteiger partial charge in [-0.25, -0.2) is 4.79 Å². The van der Waals surface area contributed by atoms with Crippen LogP contribution in [0.15, 0.2) is 78.2 Å². The van der Waals surface area contributed by atoms with E-state index in [1.807, 2.05) is 78.2 Å². The minimum atomic E-state index is -1.32. The fraction of sp³-hybridized carbons (Fsp3) is 0.231. The van der Waals surface area contributed by atoms with Gasteiger partial charge in [0.15, 0.2) is 17.9 Å². The zero-order valence-corrected chi connectivity index (χ0v) is 20.2. The maximum atomic E-state index is 13.3. The number of esters is 1. The van der Waals surface area contributed by atoms with Gasteiger partial charge in [0.05, 0.1) is 12.2 Å². The molecule has 35 heavy (non-hydrogen) atoms. The highest BCUT2D eigenvalue weighted by Crippen LogP contribution is 2.38. The second kappa shape index (κ2) is 10.1. The van der Waals surface area contributed by atoms with Gasteiger partial charge in [-0.3, -0.25) is 14.4 Å². The number of benzene rings is 2. The van der Waals surface area contributed by atoms with Crippen LogP contribution < -0.4 is 5.32 Å². The number of thiophene rings is 1. The van der Waals surface area contributed by atoms with Crippen LogP contribution in [-0.4, -0.2) is 51.7 Å². The van der Waals surface area contributed by atoms with Crippen molar-refractivity contribution in [2.24, 2.45) is 0 Å². The summed E-state index contributed by atoms with van der Waals surface area (Å²) in [4.78, 5) is 53.6. The monoisotopic (exact) mass is 506 g/mol. The van der Waals surface area contributed by atoms with E-state index >= 15 is 0 Å². The lowest BCUT2D eigenvalue weighted by atomic mass is 9.99. The first-order chi connectivity index (χ1) is 17.0. The van der Waals surface area contributed by atoms with E-state index in [1.165, 1.54) is 28.0 Å². The number of thioether (sulfide) groups is 1. The largest absolute Gasteiger partial charge is 0.451 e. The van der Waals surface area contributed by atoms with E-state index in [4.69, 9.17) is 4.74 Å². The Hall–Kier alpha value is -3.43. The van der Waals surface area contributed by atoms with E-state index in [-0.39, 0.29) is 23.9 Å². The normalized spacial score (nSPS) is 21.3. The van der Waals surface area contributed by atoms with Gasteiger partial charge in [-0.15, -0.1) is 23.1 Å². The molecule has 9 heteroatoms. The Morgan fingerprint density at radius 1 is 0.971 bits per heavy atom. The summed E-state index contributed by atoms with van der Waals surface area (Å²) in [7, 11) is 0. The van der Waals surface area contributed by atoms with Crippen molar-refractivity contribution in [2.75, 3.05) is 5.75 Å². The number of β-lactam (4-membered cyclic amide) rings is 1. The second-order valence-corrected chi connectivity index (χ2v) is 10.4. The van der Waals surface area contributed by atoms with Crippen molar-refractivity contribution in [1.82, 2.24) is 10.2 Å². The molecule has 0 unspecified atom stereocenters. The Morgan fingerprint density at radius 3 is 2.23 bits per heavy atom. The summed E-state index contributed by atoms with van der Waals surface area (Å²) in [5.41, 5.74) is 1.52. The third-order valence-corrected chi connectivity index (χ3v) is 8.12. The average molecular weight is 507 g/mol. The SMILES string of the molecule is O=C(Cc1cccs1)N[C@@H]1C(=O)N2[C@@H](C(=O)OC(c3ccccc3)c3ccccc3)C(=O)CS[C@@H]12. The molecule has 3 atom stereocenters. The van der Waals surface area contributed by atoms with Crippen molar-refractivity contribution < 1.29 is 23.9 Å². The fourth-order valence-electron chi connectivity index (χ4n) is 4.28. The topological polar surface area (TPSA) is 92.8 Å². The first-order valence-electron chi connectivity index (χ1n) is 11.1. The molecule has 1 N–H and O–H groups in total. The molecule has 2 aliphatic rings. The highest BCUT2D eigenvalue weighted by Gasteiger charge is 2.58. The van der Waals surface area contributed by atoms with Crippen LogP contribution in [0.25, 0.3) is 0 Å². The standard InChI is InChI=1S/C26H22N2O5S2/c29-19-15-35-25-21(27-20(30)14-18-12-7-13-34-18)24(31)28(25)22(19)26(32)33-23(16-8-3-1-4-9-16)17-10-5-2-6-11-17/h1-13,21-23,25H,14-15H2,(H,27,30)/t21-,22-,25+/m1/s1. The number of ether oxygens (including phenoxy) is 1. The molecule has 2 aliphatic heterocycles. The molecular weight excluding hydrogens is 484 g/mol. The molecule has 5 rings (SSSR count). The number of carbonyl (C=O) groups excluding carboxylic acids is 4. The molecule has 0 bridgehead atoms. The minimum absolute atomic E-state index is 0.0624. The van der Waals surface area contributed by atoms with Gasteiger partial charge < -0.3 is 15.0 Å². The van der Waals surface area contributed by atoms with Crippen LogP contribution in [0.2, 0.25) is 0 Å². The molecule has 7 nitrogen and oxygen atoms in total. The van der Waals surface area contributed by atoms with Crippen molar-refractivity contribution in [1.29, 1.82) is 0 Å². The van der Waals surface area contributed by atoms with Crippen LogP contribution in [0.4, 0.5) is 0 Å². The molecule has 2 aromatic carbocycles. The van der Waals surface area contributed by atoms with Crippen LogP contribution in [0.5, 0.6) is 0 Å². The molecule has 2 fully saturated rings. The summed E-state index contributed by atoms with van der Waals surface area (Å²) in [6, 6.07) is 20.1. The molecule has 2 saturated heterocycles. The van der Waals surface area contributed by atoms with Crippen LogP contribution in [0.3, 0.4) is 0 Å². The summed E-state index contributed by atoms with van der Waals surface area (Å²) in [6.45, 7) is 0. The summed E-state index contributed by atoms with van der Waals surface area (Å²) in [5.74, 6) is -1.81. The Labute approximate surface area is 210 Å². The summed E-state index contributed by atoms with van der Waals surface area (Å²) in [6.07, 6.45) is -0.539. The van der Waals surface area contributed by atoms with Crippen LogP contribution in [0.1, 0.15) is 22.1 Å². The van der Waals surface area contributed by atoms with E-state index in [2.05, 4.69) is 5.32 Å². The lowest BCUT2D eigenvalue weighted by Crippen LogP contribution is -2.76. The van der Waals surface area contributed by atoms with Crippen LogP contribution in [-0.2, 0) is 30.3 Å². The molecular formula is C26H22N2O5S2. The predicted molar refractivity (Wildman–Crippen MR) is 133 cm³/mol. The number of hydrogen-bond donors (Lipinski definition) is 1. The number of nitrogens with one attached hydrogen (secondary N) is 1. The molecule has 0 saturated carbocycles. The number of ketones is 1. The van der Waals surface area contributed by atoms with Crippen molar-refractivity contribution >= 4 is 46.7 Å². The third kappa shape index (κ3) is 4.74. The van der Waals surface area contributed by atoms with E-state index < -0.39 is 35.4 Å². The first-order valence-corrected chi connectivity index (χ1v) is 13.0. The molecule has 0 spiro atoms. The van der Waals surface area contributed by atoms with E-state index in [1.54, 1.807) is 0 Å². The van der Waals surface area contributed by atoms with Gasteiger partial charge in [0.1, 0.15) is 11.4 Å². The highest BCUT2D eigenvalue weighted by molar-refractivity contribution is 8.00. The fourth-order valence-corrected chi connectivity index (χ4v) is 6.24. The lowest BCUT2D eigenvalue weighted by Gasteiger charge is -2.51. The van der Waals surface area contributed by atoms with E-state index in [0.717, 1.165) is 16.0 Å². The number of hydrogen-bond acceptors (Lipinski definition) is 7. The first kappa shape index (κ1) is 23.3. The Bertz CT molecular complexity index is 1190. The smallest absolute Gasteiger partial charge is 0.337 e. The van der Waals surface area contributed by atoms with Gasteiger partial charge in [-0.1, -0.05) is 66.7 Å². The van der Waals surface area contributed by atoms with Gasteiger partial charge in [0.2, 0.25) is 11.8 Å². The zero-order chi connectivity index (χ0) is 24.4. The van der Waals surface area contributed by atoms with Gasteiger partial charge in [0.25, 0.3) is 0 Å². The third-order valence-electron chi connectivity index (χ3n) is 5.95. The number of carbonyl (C=O) groups is 4. The Kier molecular flexibility index (Phi) is 6.70. The summed E-state index contributed by atoms with van der Waals surface area (Å²) < 4.78 is 5.87. The van der Waals surface area contributed by atoms with Crippen molar-refractivity contribution in [3.05, 3.63) is 94.2 Å². The summed E-state index contributed by atoms with van der Waals surface area (Å²) in [5, 5.41) is 4.16. The molecule has 178 valence electrons. The van der Waals surface area contributed by atoms with Crippen LogP contribution >= 0.6 is 23.1 Å². The van der Waals surface area contributed by atoms with Crippen molar-refractivity contribution in [2.45, 2.75) is 30.0 Å². The molecule has 3 aromatic rings. The Balaban J connectivity index is 1.31. The number of rotatable bonds is 7. The van der Waals surface area contributed by atoms with Gasteiger partial charge in [-0.2, -0.15) is 0 Å². The van der Waals surface area contributed by atoms with Gasteiger partial charge in [0, 0.05) is 4.88 Å². The minimum Gasteiger partial charge on any atom is -0.451 e. The Morgan fingerprint density at radius 2 is 1.63 bits per heavy atom. The van der Waals surface area contributed by atoms with Crippen molar-refractivity contribution in [3.8, 4) is 0 Å². The average Bonchev–Trinajstić information content (AvgIpc) is 3.39. The number of nitrogens with zero attached hydrogens (tertiary/aromatic N) is 1. The summed E-state index contributed by atoms with van der Waals surface area (Å²) >= 11 is 2.72. The molecule has 1 aromatic heterocycles. The van der Waals surface area contributed by atoms with Crippen LogP contribution in [0, 0.1) is 0 Å². The van der Waals surface area contributed by atoms with E-state index in [0.29, 0.717) is 0 Å². The lowest BCUT2D eigenvalue weighted by molar-refractivity contribution is -0.170. The number of amides is 2. The molecule has 0 radical (unpaired) electrons. The van der Waals surface area contributed by atoms with Gasteiger partial charge >= 0.3 is 5.97 Å². The maximum absolute atomic E-state index is 13.3. The van der Waals surface area contributed by atoms with E-state index in [9.17, 15) is 19.2 Å². The molecule has 2 amide bonds. The second-order valence-electron chi connectivity index (χ2n) is 8.26. The quantitative estimate of drug-likeness (QED) is 0.301. The number of Topliss-reactive ketones (excluding diaryl/α,β-unsaturated/α-hetero) is 1. The maximum Gasteiger partial charge on any atom is 0.337 e. The predicted octanol–water partition coefficient (Wildman–Crippen LogP) is 2.96. The highest BCUT2D eigenvalue weighted by atomic mass is 32.2. The van der Waals surface area contributed by atoms with Gasteiger partial charge in [-0.05, 0) is 22.6 Å². The number of fused-ring (bicyclic) bond motifs is 1.